The van der Waals surface area contributed by atoms with Crippen molar-refractivity contribution < 1.29 is 28.6 Å². The first-order chi connectivity index (χ1) is 11.8. The smallest absolute Gasteiger partial charge is 0.351 e. The van der Waals surface area contributed by atoms with Gasteiger partial charge in [0.2, 0.25) is 5.60 Å². The van der Waals surface area contributed by atoms with E-state index in [4.69, 9.17) is 9.47 Å². The summed E-state index contributed by atoms with van der Waals surface area (Å²) in [6.07, 6.45) is 2.96. The highest BCUT2D eigenvalue weighted by molar-refractivity contribution is 5.88. The highest BCUT2D eigenvalue weighted by Gasteiger charge is 2.49. The van der Waals surface area contributed by atoms with Crippen LogP contribution in [0.4, 0.5) is 0 Å². The number of ether oxygens (including phenoxy) is 3. The summed E-state index contributed by atoms with van der Waals surface area (Å²) in [6, 6.07) is 0.468. The van der Waals surface area contributed by atoms with Crippen molar-refractivity contribution in [3.63, 3.8) is 0 Å². The van der Waals surface area contributed by atoms with Gasteiger partial charge in [-0.3, -0.25) is 14.5 Å². The van der Waals surface area contributed by atoms with Crippen molar-refractivity contribution in [3.8, 4) is 0 Å². The fourth-order valence-electron chi connectivity index (χ4n) is 3.94. The third kappa shape index (κ3) is 4.32. The van der Waals surface area contributed by atoms with Crippen molar-refractivity contribution in [3.05, 3.63) is 0 Å². The minimum absolute atomic E-state index is 0.289. The van der Waals surface area contributed by atoms with Gasteiger partial charge in [-0.25, -0.2) is 4.79 Å². The van der Waals surface area contributed by atoms with Gasteiger partial charge in [0.25, 0.3) is 0 Å². The Kier molecular flexibility index (Phi) is 6.43. The van der Waals surface area contributed by atoms with E-state index in [-0.39, 0.29) is 13.0 Å². The van der Waals surface area contributed by atoms with Gasteiger partial charge in [-0.1, -0.05) is 13.8 Å². The lowest BCUT2D eigenvalue weighted by molar-refractivity contribution is -0.192. The second-order valence-electron chi connectivity index (χ2n) is 7.28. The van der Waals surface area contributed by atoms with Gasteiger partial charge in [-0.2, -0.15) is 0 Å². The standard InChI is InChI=1S/C18H29NO6/c1-12(2)18(25-13(3)20,10-16(21)23-4)17(22)24-11-14-7-9-19-8-5-6-15(14)19/h12,14-15H,5-11H2,1-4H3. The van der Waals surface area contributed by atoms with E-state index in [1.165, 1.54) is 20.5 Å². The number of methoxy groups -OCH3 is 1. The first-order valence-electron chi connectivity index (χ1n) is 8.98. The molecule has 2 saturated heterocycles. The van der Waals surface area contributed by atoms with Crippen molar-refractivity contribution in [2.24, 2.45) is 11.8 Å². The molecule has 2 heterocycles. The van der Waals surface area contributed by atoms with Crippen molar-refractivity contribution in [2.75, 3.05) is 26.8 Å². The van der Waals surface area contributed by atoms with Crippen LogP contribution in [0.15, 0.2) is 0 Å². The topological polar surface area (TPSA) is 82.1 Å². The van der Waals surface area contributed by atoms with Crippen LogP contribution in [0.25, 0.3) is 0 Å². The highest BCUT2D eigenvalue weighted by atomic mass is 16.6. The van der Waals surface area contributed by atoms with Gasteiger partial charge in [0.1, 0.15) is 0 Å². The third-order valence-electron chi connectivity index (χ3n) is 5.41. The molecule has 7 heteroatoms. The molecule has 7 nitrogen and oxygen atoms in total. The van der Waals surface area contributed by atoms with Crippen LogP contribution in [0.1, 0.15) is 46.5 Å². The molecule has 0 N–H and O–H groups in total. The fourth-order valence-corrected chi connectivity index (χ4v) is 3.94. The summed E-state index contributed by atoms with van der Waals surface area (Å²) in [7, 11) is 1.24. The molecule has 25 heavy (non-hydrogen) atoms. The lowest BCUT2D eigenvalue weighted by Crippen LogP contribution is -2.51. The van der Waals surface area contributed by atoms with Crippen LogP contribution in [0.3, 0.4) is 0 Å². The van der Waals surface area contributed by atoms with E-state index < -0.39 is 29.4 Å². The van der Waals surface area contributed by atoms with Gasteiger partial charge < -0.3 is 14.2 Å². The van der Waals surface area contributed by atoms with E-state index in [1.54, 1.807) is 13.8 Å². The molecule has 2 aliphatic rings. The average Bonchev–Trinajstić information content (AvgIpc) is 3.14. The Morgan fingerprint density at radius 2 is 1.92 bits per heavy atom. The number of hydrogen-bond acceptors (Lipinski definition) is 7. The average molecular weight is 355 g/mol. The largest absolute Gasteiger partial charge is 0.469 e. The van der Waals surface area contributed by atoms with E-state index >= 15 is 0 Å². The van der Waals surface area contributed by atoms with Crippen LogP contribution in [0, 0.1) is 11.8 Å². The SMILES string of the molecule is COC(=O)CC(OC(C)=O)(C(=O)OCC1CCN2CCCC12)C(C)C. The molecule has 0 bridgehead atoms. The van der Waals surface area contributed by atoms with E-state index in [0.29, 0.717) is 12.0 Å². The molecule has 142 valence electrons. The van der Waals surface area contributed by atoms with Crippen molar-refractivity contribution in [2.45, 2.75) is 58.1 Å². The molecule has 2 rings (SSSR count). The molecule has 3 atom stereocenters. The van der Waals surface area contributed by atoms with Gasteiger partial charge in [-0.05, 0) is 32.4 Å². The molecule has 0 aromatic rings. The van der Waals surface area contributed by atoms with E-state index in [0.717, 1.165) is 25.9 Å². The third-order valence-corrected chi connectivity index (χ3v) is 5.41. The second kappa shape index (κ2) is 8.17. The molecule has 0 spiro atoms. The number of rotatable bonds is 7. The molecule has 0 radical (unpaired) electrons. The zero-order chi connectivity index (χ0) is 18.6. The van der Waals surface area contributed by atoms with Crippen LogP contribution in [0.5, 0.6) is 0 Å². The maximum absolute atomic E-state index is 12.8. The van der Waals surface area contributed by atoms with Crippen molar-refractivity contribution >= 4 is 17.9 Å². The summed E-state index contributed by atoms with van der Waals surface area (Å²) >= 11 is 0. The zero-order valence-corrected chi connectivity index (χ0v) is 15.6. The maximum atomic E-state index is 12.8. The molecule has 0 saturated carbocycles. The highest BCUT2D eigenvalue weighted by Crippen LogP contribution is 2.34. The molecule has 2 aliphatic heterocycles. The summed E-state index contributed by atoms with van der Waals surface area (Å²) in [6.45, 7) is 7.10. The molecule has 3 unspecified atom stereocenters. The van der Waals surface area contributed by atoms with Gasteiger partial charge >= 0.3 is 17.9 Å². The Morgan fingerprint density at radius 1 is 1.20 bits per heavy atom. The minimum atomic E-state index is -1.65. The lowest BCUT2D eigenvalue weighted by Gasteiger charge is -2.34. The van der Waals surface area contributed by atoms with Crippen LogP contribution in [-0.2, 0) is 28.6 Å². The summed E-state index contributed by atoms with van der Waals surface area (Å²) in [5, 5.41) is 0. The zero-order valence-electron chi connectivity index (χ0n) is 15.6. The lowest BCUT2D eigenvalue weighted by atomic mass is 9.86. The quantitative estimate of drug-likeness (QED) is 0.506. The molecule has 0 amide bonds. The summed E-state index contributed by atoms with van der Waals surface area (Å²) < 4.78 is 15.5. The Morgan fingerprint density at radius 3 is 2.52 bits per heavy atom. The maximum Gasteiger partial charge on any atom is 0.351 e. The van der Waals surface area contributed by atoms with E-state index in [2.05, 4.69) is 9.64 Å². The number of carbonyl (C=O) groups excluding carboxylic acids is 3. The van der Waals surface area contributed by atoms with E-state index in [9.17, 15) is 14.4 Å². The first-order valence-corrected chi connectivity index (χ1v) is 8.98. The molecular weight excluding hydrogens is 326 g/mol. The Balaban J connectivity index is 2.08. The molecule has 0 aromatic heterocycles. The Labute approximate surface area is 149 Å². The summed E-state index contributed by atoms with van der Waals surface area (Å²) in [5.41, 5.74) is -1.65. The number of esters is 3. The minimum Gasteiger partial charge on any atom is -0.469 e. The van der Waals surface area contributed by atoms with Crippen LogP contribution in [0.2, 0.25) is 0 Å². The van der Waals surface area contributed by atoms with Gasteiger partial charge in [-0.15, -0.1) is 0 Å². The number of hydrogen-bond donors (Lipinski definition) is 0. The normalized spacial score (nSPS) is 25.3. The summed E-state index contributed by atoms with van der Waals surface area (Å²) in [4.78, 5) is 38.6. The van der Waals surface area contributed by atoms with Gasteiger partial charge in [0.15, 0.2) is 0 Å². The Hall–Kier alpha value is -1.63. The molecule has 2 fully saturated rings. The molecule has 0 aromatic carbocycles. The monoisotopic (exact) mass is 355 g/mol. The number of fused-ring (bicyclic) bond motifs is 1. The molecule has 0 aliphatic carbocycles. The first kappa shape index (κ1) is 19.7. The number of nitrogens with zero attached hydrogens (tertiary/aromatic N) is 1. The van der Waals surface area contributed by atoms with Crippen LogP contribution >= 0.6 is 0 Å². The van der Waals surface area contributed by atoms with Gasteiger partial charge in [0.05, 0.1) is 20.1 Å². The van der Waals surface area contributed by atoms with Crippen LogP contribution < -0.4 is 0 Å². The van der Waals surface area contributed by atoms with E-state index in [1.807, 2.05) is 0 Å². The number of carbonyl (C=O) groups is 3. The second-order valence-corrected chi connectivity index (χ2v) is 7.28. The fraction of sp³-hybridized carbons (Fsp3) is 0.833. The Bertz CT molecular complexity index is 520. The van der Waals surface area contributed by atoms with Crippen molar-refractivity contribution in [1.82, 2.24) is 4.90 Å². The summed E-state index contributed by atoms with van der Waals surface area (Å²) in [5.74, 6) is -2.03. The molecular formula is C18H29NO6. The predicted molar refractivity (Wildman–Crippen MR) is 89.6 cm³/mol. The van der Waals surface area contributed by atoms with Crippen molar-refractivity contribution in [1.29, 1.82) is 0 Å². The predicted octanol–water partition coefficient (Wildman–Crippen LogP) is 1.53. The van der Waals surface area contributed by atoms with Gasteiger partial charge in [0, 0.05) is 24.8 Å². The van der Waals surface area contributed by atoms with Crippen LogP contribution in [-0.4, -0.2) is 61.3 Å².